The first-order valence-electron chi connectivity index (χ1n) is 16.3. The van der Waals surface area contributed by atoms with E-state index in [0.29, 0.717) is 55.4 Å². The van der Waals surface area contributed by atoms with Crippen LogP contribution in [-0.2, 0) is 18.9 Å². The molecule has 0 aromatic carbocycles. The standard InChI is InChI=1S/C31H54BN5O4/c1-18(2)12-26(32-40-25-17-22-16-24(30(22,3)4)31(25,5)41-32)37-28(39)23(8-7-11-35-29(33)34-6)36-27(38)15-21-14-19-9-10-20(21)13-19/h18-26H,7-17H2,1-6H3,(H,36,38)(H,37,39)(H3,33,34,35)/t19?,20?,21?,22-,23-,24-,25+,26-,31-/m0/s1. The van der Waals surface area contributed by atoms with Crippen molar-refractivity contribution in [3.05, 3.63) is 0 Å². The van der Waals surface area contributed by atoms with Gasteiger partial charge >= 0.3 is 7.12 Å². The lowest BCUT2D eigenvalue weighted by Gasteiger charge is -2.64. The molecule has 1 saturated heterocycles. The molecule has 9 nitrogen and oxygen atoms in total. The quantitative estimate of drug-likeness (QED) is 0.106. The van der Waals surface area contributed by atoms with Crippen molar-refractivity contribution in [3.8, 4) is 0 Å². The van der Waals surface area contributed by atoms with Crippen LogP contribution in [0.3, 0.4) is 0 Å². The number of amides is 2. The molecule has 5 saturated carbocycles. The van der Waals surface area contributed by atoms with Crippen LogP contribution in [0.25, 0.3) is 0 Å². The van der Waals surface area contributed by atoms with Crippen molar-refractivity contribution in [2.75, 3.05) is 13.6 Å². The highest BCUT2D eigenvalue weighted by Crippen LogP contribution is 2.65. The molecule has 6 fully saturated rings. The number of carbonyl (C=O) groups is 2. The summed E-state index contributed by atoms with van der Waals surface area (Å²) in [7, 11) is 1.21. The van der Waals surface area contributed by atoms with Crippen molar-refractivity contribution in [2.24, 2.45) is 40.9 Å². The fourth-order valence-corrected chi connectivity index (χ4v) is 9.09. The van der Waals surface area contributed by atoms with E-state index >= 15 is 0 Å². The van der Waals surface area contributed by atoms with Gasteiger partial charge in [0.2, 0.25) is 11.8 Å². The summed E-state index contributed by atoms with van der Waals surface area (Å²) < 4.78 is 13.3. The zero-order valence-electron chi connectivity index (χ0n) is 26.2. The van der Waals surface area contributed by atoms with Crippen molar-refractivity contribution >= 4 is 24.9 Å². The van der Waals surface area contributed by atoms with E-state index in [1.807, 2.05) is 0 Å². The average Bonchev–Trinajstić information content (AvgIpc) is 3.62. The minimum Gasteiger partial charge on any atom is -0.404 e. The molecule has 0 aromatic heterocycles. The van der Waals surface area contributed by atoms with Gasteiger partial charge in [0.25, 0.3) is 0 Å². The molecule has 41 heavy (non-hydrogen) atoms. The molecular weight excluding hydrogens is 517 g/mol. The number of rotatable bonds is 12. The minimum atomic E-state index is -0.632. The summed E-state index contributed by atoms with van der Waals surface area (Å²) in [4.78, 5) is 27.0. The van der Waals surface area contributed by atoms with E-state index in [-0.39, 0.29) is 40.8 Å². The summed E-state index contributed by atoms with van der Waals surface area (Å²) in [5.41, 5.74) is -0.0766. The van der Waals surface area contributed by atoms with Crippen LogP contribution in [-0.4, -0.2) is 62.2 Å². The molecule has 9 atom stereocenters. The SMILES string of the molecule is CNC(=N)NCCC[C@H](NC(=O)CC1CC2CCC1C2)C(=O)N[C@@H](CC(C)C)B1O[C@@H]2C[C@@H]3C[C@@H](C3(C)C)[C@]2(C)O1. The summed E-state index contributed by atoms with van der Waals surface area (Å²) in [6.07, 6.45) is 9.62. The molecular formula is C31H54BN5O4. The third kappa shape index (κ3) is 6.29. The number of carbonyl (C=O) groups excluding carboxylic acids is 2. The van der Waals surface area contributed by atoms with E-state index in [1.165, 1.54) is 25.7 Å². The average molecular weight is 572 g/mol. The fourth-order valence-electron chi connectivity index (χ4n) is 9.09. The fraction of sp³-hybridized carbons (Fsp3) is 0.903. The van der Waals surface area contributed by atoms with Crippen molar-refractivity contribution in [1.29, 1.82) is 5.41 Å². The zero-order valence-corrected chi connectivity index (χ0v) is 26.2. The molecule has 3 unspecified atom stereocenters. The second kappa shape index (κ2) is 12.1. The number of hydrogen-bond donors (Lipinski definition) is 5. The van der Waals surface area contributed by atoms with Gasteiger partial charge in [-0.05, 0) is 99.2 Å². The van der Waals surface area contributed by atoms with Gasteiger partial charge in [0.1, 0.15) is 6.04 Å². The number of hydrogen-bond acceptors (Lipinski definition) is 5. The third-order valence-corrected chi connectivity index (χ3v) is 11.6. The predicted octanol–water partition coefficient (Wildman–Crippen LogP) is 3.62. The van der Waals surface area contributed by atoms with Crippen LogP contribution in [0.5, 0.6) is 0 Å². The second-order valence-electron chi connectivity index (χ2n) is 15.0. The largest absolute Gasteiger partial charge is 0.481 e. The highest BCUT2D eigenvalue weighted by molar-refractivity contribution is 6.48. The van der Waals surface area contributed by atoms with Gasteiger partial charge in [0.15, 0.2) is 5.96 Å². The summed E-state index contributed by atoms with van der Waals surface area (Å²) in [6, 6.07) is -0.632. The van der Waals surface area contributed by atoms with Gasteiger partial charge in [-0.2, -0.15) is 0 Å². The molecule has 0 spiro atoms. The summed E-state index contributed by atoms with van der Waals surface area (Å²) in [6.45, 7) is 11.8. The molecule has 6 aliphatic rings. The van der Waals surface area contributed by atoms with Crippen LogP contribution in [0.15, 0.2) is 0 Å². The van der Waals surface area contributed by atoms with Crippen LogP contribution in [0.4, 0.5) is 0 Å². The molecule has 5 aliphatic carbocycles. The Morgan fingerprint density at radius 3 is 2.49 bits per heavy atom. The lowest BCUT2D eigenvalue weighted by Crippen LogP contribution is -2.65. The highest BCUT2D eigenvalue weighted by Gasteiger charge is 2.68. The Hall–Kier alpha value is -1.81. The first-order valence-corrected chi connectivity index (χ1v) is 16.3. The smallest absolute Gasteiger partial charge is 0.404 e. The van der Waals surface area contributed by atoms with Crippen LogP contribution < -0.4 is 21.3 Å². The first kappa shape index (κ1) is 30.6. The maximum atomic E-state index is 13.8. The lowest BCUT2D eigenvalue weighted by atomic mass is 9.43. The van der Waals surface area contributed by atoms with Crippen LogP contribution in [0.1, 0.15) is 98.8 Å². The first-order chi connectivity index (χ1) is 19.4. The minimum absolute atomic E-state index is 0.0204. The molecule has 2 amide bonds. The lowest BCUT2D eigenvalue weighted by molar-refractivity contribution is -0.199. The molecule has 4 bridgehead atoms. The van der Waals surface area contributed by atoms with Gasteiger partial charge in [-0.3, -0.25) is 15.0 Å². The normalized spacial score (nSPS) is 35.8. The molecule has 230 valence electrons. The Morgan fingerprint density at radius 1 is 1.07 bits per heavy atom. The number of nitrogens with one attached hydrogen (secondary N) is 5. The van der Waals surface area contributed by atoms with Crippen LogP contribution in [0, 0.1) is 46.3 Å². The summed E-state index contributed by atoms with van der Waals surface area (Å²) in [5, 5.41) is 19.9. The van der Waals surface area contributed by atoms with Gasteiger partial charge in [-0.25, -0.2) is 0 Å². The van der Waals surface area contributed by atoms with Crippen molar-refractivity contribution in [2.45, 2.75) is 123 Å². The van der Waals surface area contributed by atoms with Gasteiger partial charge in [-0.1, -0.05) is 34.1 Å². The Bertz CT molecular complexity index is 994. The topological polar surface area (TPSA) is 125 Å². The van der Waals surface area contributed by atoms with E-state index in [4.69, 9.17) is 14.7 Å². The van der Waals surface area contributed by atoms with E-state index in [9.17, 15) is 9.59 Å². The molecule has 6 rings (SSSR count). The van der Waals surface area contributed by atoms with Crippen LogP contribution >= 0.6 is 0 Å². The molecule has 1 aliphatic heterocycles. The van der Waals surface area contributed by atoms with Crippen molar-refractivity contribution < 1.29 is 18.9 Å². The Kier molecular flexibility index (Phi) is 9.01. The van der Waals surface area contributed by atoms with E-state index in [0.717, 1.165) is 25.2 Å². The van der Waals surface area contributed by atoms with Crippen LogP contribution in [0.2, 0.25) is 0 Å². The number of fused-ring (bicyclic) bond motifs is 2. The van der Waals surface area contributed by atoms with Crippen molar-refractivity contribution in [1.82, 2.24) is 21.3 Å². The van der Waals surface area contributed by atoms with Gasteiger partial charge in [0.05, 0.1) is 17.6 Å². The monoisotopic (exact) mass is 571 g/mol. The Labute approximate surface area is 247 Å². The van der Waals surface area contributed by atoms with Crippen molar-refractivity contribution in [3.63, 3.8) is 0 Å². The Morgan fingerprint density at radius 2 is 1.85 bits per heavy atom. The van der Waals surface area contributed by atoms with Gasteiger partial charge in [0, 0.05) is 20.0 Å². The molecule has 10 heteroatoms. The number of guanidine groups is 1. The zero-order chi connectivity index (χ0) is 29.5. The molecule has 1 heterocycles. The predicted molar refractivity (Wildman–Crippen MR) is 161 cm³/mol. The van der Waals surface area contributed by atoms with Gasteiger partial charge in [-0.15, -0.1) is 0 Å². The highest BCUT2D eigenvalue weighted by atomic mass is 16.7. The maximum absolute atomic E-state index is 13.8. The molecule has 5 N–H and O–H groups in total. The second-order valence-corrected chi connectivity index (χ2v) is 15.0. The van der Waals surface area contributed by atoms with E-state index in [1.54, 1.807) is 7.05 Å². The molecule has 0 aromatic rings. The summed E-state index contributed by atoms with van der Waals surface area (Å²) >= 11 is 0. The van der Waals surface area contributed by atoms with E-state index in [2.05, 4.69) is 55.9 Å². The van der Waals surface area contributed by atoms with Gasteiger partial charge < -0.3 is 30.6 Å². The van der Waals surface area contributed by atoms with E-state index < -0.39 is 13.2 Å². The third-order valence-electron chi connectivity index (χ3n) is 11.6. The Balaban J connectivity index is 1.23. The summed E-state index contributed by atoms with van der Waals surface area (Å²) in [5.74, 6) is 3.14. The molecule has 0 radical (unpaired) electrons. The maximum Gasteiger partial charge on any atom is 0.481 e.